The van der Waals surface area contributed by atoms with Gasteiger partial charge in [0.25, 0.3) is 0 Å². The maximum absolute atomic E-state index is 5.86. The van der Waals surface area contributed by atoms with Gasteiger partial charge >= 0.3 is 0 Å². The molecule has 0 aliphatic carbocycles. The second kappa shape index (κ2) is 8.32. The molecule has 18 heavy (non-hydrogen) atoms. The summed E-state index contributed by atoms with van der Waals surface area (Å²) in [6, 6.07) is 0.595. The van der Waals surface area contributed by atoms with E-state index in [0.29, 0.717) is 12.0 Å². The summed E-state index contributed by atoms with van der Waals surface area (Å²) in [5.74, 6) is 0.594. The van der Waals surface area contributed by atoms with Crippen molar-refractivity contribution >= 4 is 5.96 Å². The predicted molar refractivity (Wildman–Crippen MR) is 77.9 cm³/mol. The minimum Gasteiger partial charge on any atom is -0.370 e. The zero-order chi connectivity index (χ0) is 13.4. The Labute approximate surface area is 111 Å². The maximum atomic E-state index is 5.86. The number of likely N-dealkylation sites (N-methyl/N-ethyl adjacent to an activating group) is 1. The highest BCUT2D eigenvalue weighted by Gasteiger charge is 2.22. The van der Waals surface area contributed by atoms with E-state index in [1.165, 1.54) is 19.4 Å². The Morgan fingerprint density at radius 3 is 2.94 bits per heavy atom. The van der Waals surface area contributed by atoms with Crippen LogP contribution >= 0.6 is 0 Å². The fourth-order valence-corrected chi connectivity index (χ4v) is 2.39. The van der Waals surface area contributed by atoms with E-state index in [-0.39, 0.29) is 0 Å². The van der Waals surface area contributed by atoms with E-state index in [1.54, 1.807) is 0 Å². The Morgan fingerprint density at radius 2 is 2.28 bits per heavy atom. The highest BCUT2D eigenvalue weighted by molar-refractivity contribution is 5.77. The van der Waals surface area contributed by atoms with E-state index in [4.69, 9.17) is 5.73 Å². The molecule has 0 bridgehead atoms. The number of hydrogen-bond acceptors (Lipinski definition) is 3. The molecule has 1 heterocycles. The van der Waals surface area contributed by atoms with Crippen molar-refractivity contribution in [1.82, 2.24) is 15.1 Å². The largest absolute Gasteiger partial charge is 0.370 e. The first-order valence-electron chi connectivity index (χ1n) is 7.06. The van der Waals surface area contributed by atoms with Crippen LogP contribution in [0.3, 0.4) is 0 Å². The highest BCUT2D eigenvalue weighted by Crippen LogP contribution is 2.16. The number of hydrogen-bond donors (Lipinski definition) is 2. The Bertz CT molecular complexity index is 252. The molecule has 0 amide bonds. The van der Waals surface area contributed by atoms with Gasteiger partial charge in [0, 0.05) is 12.6 Å². The summed E-state index contributed by atoms with van der Waals surface area (Å²) >= 11 is 0. The minimum absolute atomic E-state index is 0.594. The average molecular weight is 255 g/mol. The summed E-state index contributed by atoms with van der Waals surface area (Å²) in [6.45, 7) is 7.36. The summed E-state index contributed by atoms with van der Waals surface area (Å²) in [5, 5.41) is 3.18. The minimum atomic E-state index is 0.594. The van der Waals surface area contributed by atoms with Gasteiger partial charge in [-0.25, -0.2) is 0 Å². The number of guanidine groups is 1. The Hall–Kier alpha value is -0.810. The van der Waals surface area contributed by atoms with Crippen LogP contribution in [-0.4, -0.2) is 68.6 Å². The van der Waals surface area contributed by atoms with Crippen LogP contribution in [0.15, 0.2) is 4.99 Å². The third-order valence-corrected chi connectivity index (χ3v) is 3.47. The van der Waals surface area contributed by atoms with E-state index in [2.05, 4.69) is 41.1 Å². The fraction of sp³-hybridized carbons (Fsp3) is 0.923. The maximum Gasteiger partial charge on any atom is 0.188 e. The van der Waals surface area contributed by atoms with Crippen LogP contribution in [-0.2, 0) is 0 Å². The molecule has 3 N–H and O–H groups in total. The molecule has 1 atom stereocenters. The van der Waals surface area contributed by atoms with Crippen LogP contribution in [0.5, 0.6) is 0 Å². The molecule has 0 spiro atoms. The monoisotopic (exact) mass is 255 g/mol. The topological polar surface area (TPSA) is 56.9 Å². The van der Waals surface area contributed by atoms with Gasteiger partial charge in [-0.05, 0) is 53.0 Å². The van der Waals surface area contributed by atoms with Crippen molar-refractivity contribution in [3.63, 3.8) is 0 Å². The van der Waals surface area contributed by atoms with Crippen molar-refractivity contribution in [3.05, 3.63) is 0 Å². The molecule has 0 aromatic carbocycles. The first-order chi connectivity index (χ1) is 8.63. The number of likely N-dealkylation sites (tertiary alicyclic amines) is 1. The van der Waals surface area contributed by atoms with Crippen molar-refractivity contribution in [3.8, 4) is 0 Å². The number of aliphatic imine (C=N–C) groups is 1. The molecule has 5 nitrogen and oxygen atoms in total. The van der Waals surface area contributed by atoms with Gasteiger partial charge in [-0.15, -0.1) is 0 Å². The fourth-order valence-electron chi connectivity index (χ4n) is 2.39. The van der Waals surface area contributed by atoms with E-state index < -0.39 is 0 Å². The van der Waals surface area contributed by atoms with Crippen molar-refractivity contribution in [2.45, 2.75) is 32.2 Å². The van der Waals surface area contributed by atoms with Gasteiger partial charge in [0.2, 0.25) is 0 Å². The Balaban J connectivity index is 2.16. The number of nitrogens with zero attached hydrogens (tertiary/aromatic N) is 3. The molecule has 5 heteroatoms. The van der Waals surface area contributed by atoms with Crippen LogP contribution < -0.4 is 11.1 Å². The van der Waals surface area contributed by atoms with Gasteiger partial charge in [-0.1, -0.05) is 6.92 Å². The van der Waals surface area contributed by atoms with Crippen molar-refractivity contribution in [2.75, 3.05) is 46.8 Å². The molecule has 1 unspecified atom stereocenters. The molecule has 0 saturated carbocycles. The third kappa shape index (κ3) is 5.69. The molecule has 1 saturated heterocycles. The zero-order valence-corrected chi connectivity index (χ0v) is 12.2. The van der Waals surface area contributed by atoms with E-state index in [9.17, 15) is 0 Å². The molecule has 0 radical (unpaired) electrons. The molecule has 1 aliphatic rings. The highest BCUT2D eigenvalue weighted by atomic mass is 15.2. The van der Waals surface area contributed by atoms with Crippen molar-refractivity contribution < 1.29 is 0 Å². The first-order valence-corrected chi connectivity index (χ1v) is 7.06. The van der Waals surface area contributed by atoms with Crippen LogP contribution in [0.25, 0.3) is 0 Å². The standard InChI is InChI=1S/C13H29N5/c1-4-18-10-5-7-12(18)11-16-13(14)15-8-6-9-17(2)3/h12H,4-11H2,1-3H3,(H3,14,15,16). The van der Waals surface area contributed by atoms with Gasteiger partial charge in [0.1, 0.15) is 0 Å². The normalized spacial score (nSPS) is 21.8. The summed E-state index contributed by atoms with van der Waals surface area (Å²) in [5.41, 5.74) is 5.86. The van der Waals surface area contributed by atoms with Crippen LogP contribution in [0, 0.1) is 0 Å². The van der Waals surface area contributed by atoms with Crippen molar-refractivity contribution in [1.29, 1.82) is 0 Å². The molecule has 106 valence electrons. The quantitative estimate of drug-likeness (QED) is 0.391. The number of nitrogens with two attached hydrogens (primary N) is 1. The lowest BCUT2D eigenvalue weighted by molar-refractivity contribution is 0.273. The first kappa shape index (κ1) is 15.2. The van der Waals surface area contributed by atoms with E-state index >= 15 is 0 Å². The molecule has 1 fully saturated rings. The van der Waals surface area contributed by atoms with Gasteiger partial charge in [-0.3, -0.25) is 9.89 Å². The van der Waals surface area contributed by atoms with E-state index in [1.807, 2.05) is 0 Å². The predicted octanol–water partition coefficient (Wildman–Crippen LogP) is 0.327. The lowest BCUT2D eigenvalue weighted by Gasteiger charge is -2.21. The molecule has 0 aromatic rings. The molecule has 1 aliphatic heterocycles. The van der Waals surface area contributed by atoms with Crippen LogP contribution in [0.2, 0.25) is 0 Å². The van der Waals surface area contributed by atoms with Gasteiger partial charge in [-0.2, -0.15) is 0 Å². The second-order valence-electron chi connectivity index (χ2n) is 5.23. The lowest BCUT2D eigenvalue weighted by atomic mass is 10.2. The molecular weight excluding hydrogens is 226 g/mol. The smallest absolute Gasteiger partial charge is 0.188 e. The van der Waals surface area contributed by atoms with Crippen molar-refractivity contribution in [2.24, 2.45) is 10.7 Å². The Morgan fingerprint density at radius 1 is 1.50 bits per heavy atom. The van der Waals surface area contributed by atoms with Gasteiger partial charge in [0.15, 0.2) is 5.96 Å². The Kier molecular flexibility index (Phi) is 7.05. The summed E-state index contributed by atoms with van der Waals surface area (Å²) in [6.07, 6.45) is 3.64. The summed E-state index contributed by atoms with van der Waals surface area (Å²) in [4.78, 5) is 9.11. The van der Waals surface area contributed by atoms with Gasteiger partial charge < -0.3 is 16.0 Å². The third-order valence-electron chi connectivity index (χ3n) is 3.47. The summed E-state index contributed by atoms with van der Waals surface area (Å²) in [7, 11) is 4.16. The zero-order valence-electron chi connectivity index (χ0n) is 12.2. The number of nitrogens with one attached hydrogen (secondary N) is 1. The molecule has 0 aromatic heterocycles. The van der Waals surface area contributed by atoms with Gasteiger partial charge in [0.05, 0.1) is 6.54 Å². The van der Waals surface area contributed by atoms with E-state index in [0.717, 1.165) is 32.6 Å². The summed E-state index contributed by atoms with van der Waals surface area (Å²) < 4.78 is 0. The van der Waals surface area contributed by atoms with Crippen LogP contribution in [0.4, 0.5) is 0 Å². The average Bonchev–Trinajstić information content (AvgIpc) is 2.79. The molecular formula is C13H29N5. The van der Waals surface area contributed by atoms with Crippen LogP contribution in [0.1, 0.15) is 26.2 Å². The second-order valence-corrected chi connectivity index (χ2v) is 5.23. The molecule has 1 rings (SSSR count). The SMILES string of the molecule is CCN1CCCC1CN=C(N)NCCCN(C)C. The lowest BCUT2D eigenvalue weighted by Crippen LogP contribution is -2.36. The number of rotatable bonds is 7.